The lowest BCUT2D eigenvalue weighted by molar-refractivity contribution is 0.0934. The molecule has 1 aliphatic heterocycles. The van der Waals surface area contributed by atoms with E-state index in [0.29, 0.717) is 17.8 Å². The topological polar surface area (TPSA) is 76.1 Å². The molecule has 0 aliphatic carbocycles. The summed E-state index contributed by atoms with van der Waals surface area (Å²) in [4.78, 5) is 15.5. The van der Waals surface area contributed by atoms with E-state index in [1.165, 1.54) is 11.3 Å². The van der Waals surface area contributed by atoms with Crippen LogP contribution < -0.4 is 5.32 Å². The lowest BCUT2D eigenvalue weighted by Crippen LogP contribution is -2.40. The van der Waals surface area contributed by atoms with Gasteiger partial charge < -0.3 is 5.32 Å². The van der Waals surface area contributed by atoms with E-state index in [-0.39, 0.29) is 23.5 Å². The molecule has 7 heteroatoms. The minimum absolute atomic E-state index is 0.0417. The maximum atomic E-state index is 11.6. The standard InChI is InChI=1S/C9H12N2O3S2/c12-8(9-10-3-4-15-9)11-7-1-5-16(13,14)6-2-7/h3-4,7H,1-2,5-6H2,(H,11,12). The van der Waals surface area contributed by atoms with Crippen molar-refractivity contribution in [1.29, 1.82) is 0 Å². The summed E-state index contributed by atoms with van der Waals surface area (Å²) < 4.78 is 22.4. The van der Waals surface area contributed by atoms with Gasteiger partial charge in [0.05, 0.1) is 11.5 Å². The number of hydrogen-bond donors (Lipinski definition) is 1. The van der Waals surface area contributed by atoms with E-state index in [1.54, 1.807) is 11.6 Å². The molecule has 2 rings (SSSR count). The molecular formula is C9H12N2O3S2. The summed E-state index contributed by atoms with van der Waals surface area (Å²) in [5.74, 6) is 0.116. The molecule has 0 unspecified atom stereocenters. The van der Waals surface area contributed by atoms with Crippen molar-refractivity contribution in [3.63, 3.8) is 0 Å². The normalized spacial score (nSPS) is 20.5. The van der Waals surface area contributed by atoms with Crippen molar-refractivity contribution in [2.24, 2.45) is 0 Å². The monoisotopic (exact) mass is 260 g/mol. The summed E-state index contributed by atoms with van der Waals surface area (Å²) >= 11 is 1.28. The van der Waals surface area contributed by atoms with Gasteiger partial charge in [-0.1, -0.05) is 0 Å². The van der Waals surface area contributed by atoms with E-state index in [2.05, 4.69) is 10.3 Å². The second-order valence-electron chi connectivity index (χ2n) is 3.74. The van der Waals surface area contributed by atoms with E-state index in [4.69, 9.17) is 0 Å². The molecule has 2 heterocycles. The number of rotatable bonds is 2. The van der Waals surface area contributed by atoms with E-state index in [1.807, 2.05) is 0 Å². The average molecular weight is 260 g/mol. The largest absolute Gasteiger partial charge is 0.347 e. The average Bonchev–Trinajstić information content (AvgIpc) is 2.74. The number of carbonyl (C=O) groups is 1. The maximum absolute atomic E-state index is 11.6. The molecule has 1 aromatic heterocycles. The molecule has 0 radical (unpaired) electrons. The molecule has 1 aromatic rings. The summed E-state index contributed by atoms with van der Waals surface area (Å²) in [7, 11) is -2.87. The Kier molecular flexibility index (Phi) is 3.25. The van der Waals surface area contributed by atoms with Gasteiger partial charge in [-0.3, -0.25) is 4.79 Å². The minimum Gasteiger partial charge on any atom is -0.347 e. The van der Waals surface area contributed by atoms with E-state index >= 15 is 0 Å². The predicted molar refractivity (Wildman–Crippen MR) is 61.3 cm³/mol. The van der Waals surface area contributed by atoms with Crippen molar-refractivity contribution in [3.05, 3.63) is 16.6 Å². The van der Waals surface area contributed by atoms with Crippen molar-refractivity contribution in [1.82, 2.24) is 10.3 Å². The predicted octanol–water partition coefficient (Wildman–Crippen LogP) is 0.450. The van der Waals surface area contributed by atoms with Gasteiger partial charge in [0.2, 0.25) is 0 Å². The number of carbonyl (C=O) groups excluding carboxylic acids is 1. The molecule has 0 aromatic carbocycles. The molecule has 16 heavy (non-hydrogen) atoms. The number of sulfone groups is 1. The Hall–Kier alpha value is -0.950. The first-order valence-corrected chi connectivity index (χ1v) is 7.68. The second kappa shape index (κ2) is 4.50. The van der Waals surface area contributed by atoms with Crippen LogP contribution in [0.25, 0.3) is 0 Å². The van der Waals surface area contributed by atoms with Crippen molar-refractivity contribution in [3.8, 4) is 0 Å². The Balaban J connectivity index is 1.90. The quantitative estimate of drug-likeness (QED) is 0.837. The van der Waals surface area contributed by atoms with E-state index in [0.717, 1.165) is 0 Å². The third-order valence-electron chi connectivity index (χ3n) is 2.52. The number of amides is 1. The SMILES string of the molecule is O=C(NC1CCS(=O)(=O)CC1)c1nccs1. The Morgan fingerprint density at radius 3 is 2.69 bits per heavy atom. The van der Waals surface area contributed by atoms with Crippen LogP contribution in [0.2, 0.25) is 0 Å². The van der Waals surface area contributed by atoms with E-state index in [9.17, 15) is 13.2 Å². The third-order valence-corrected chi connectivity index (χ3v) is 5.00. The molecule has 1 saturated heterocycles. The van der Waals surface area contributed by atoms with Gasteiger partial charge in [-0.25, -0.2) is 13.4 Å². The smallest absolute Gasteiger partial charge is 0.280 e. The molecule has 0 bridgehead atoms. The summed E-state index contributed by atoms with van der Waals surface area (Å²) in [6.45, 7) is 0. The Morgan fingerprint density at radius 1 is 1.44 bits per heavy atom. The molecule has 0 spiro atoms. The number of hydrogen-bond acceptors (Lipinski definition) is 5. The number of nitrogens with zero attached hydrogens (tertiary/aromatic N) is 1. The lowest BCUT2D eigenvalue weighted by atomic mass is 10.1. The van der Waals surface area contributed by atoms with Crippen LogP contribution in [0, 0.1) is 0 Å². The first kappa shape index (κ1) is 11.5. The van der Waals surface area contributed by atoms with Crippen molar-refractivity contribution in [2.45, 2.75) is 18.9 Å². The van der Waals surface area contributed by atoms with Gasteiger partial charge in [-0.2, -0.15) is 0 Å². The highest BCUT2D eigenvalue weighted by Crippen LogP contribution is 2.13. The van der Waals surface area contributed by atoms with Crippen LogP contribution in [0.5, 0.6) is 0 Å². The lowest BCUT2D eigenvalue weighted by Gasteiger charge is -2.22. The van der Waals surface area contributed by atoms with Crippen LogP contribution in [-0.4, -0.2) is 36.9 Å². The Labute approximate surface area is 97.8 Å². The number of aromatic nitrogens is 1. The summed E-state index contributed by atoms with van der Waals surface area (Å²) in [6, 6.07) is -0.0417. The zero-order valence-corrected chi connectivity index (χ0v) is 10.2. The highest BCUT2D eigenvalue weighted by Gasteiger charge is 2.25. The zero-order valence-electron chi connectivity index (χ0n) is 8.55. The van der Waals surface area contributed by atoms with E-state index < -0.39 is 9.84 Å². The van der Waals surface area contributed by atoms with Gasteiger partial charge in [0.1, 0.15) is 9.84 Å². The number of thiazole rings is 1. The third kappa shape index (κ3) is 2.79. The molecule has 88 valence electrons. The molecule has 0 saturated carbocycles. The van der Waals surface area contributed by atoms with Gasteiger partial charge in [-0.05, 0) is 12.8 Å². The van der Waals surface area contributed by atoms with Gasteiger partial charge in [0, 0.05) is 17.6 Å². The molecular weight excluding hydrogens is 248 g/mol. The van der Waals surface area contributed by atoms with Crippen LogP contribution in [-0.2, 0) is 9.84 Å². The Morgan fingerprint density at radius 2 is 2.12 bits per heavy atom. The molecule has 5 nitrogen and oxygen atoms in total. The van der Waals surface area contributed by atoms with Crippen molar-refractivity contribution < 1.29 is 13.2 Å². The van der Waals surface area contributed by atoms with Crippen LogP contribution in [0.3, 0.4) is 0 Å². The van der Waals surface area contributed by atoms with Crippen molar-refractivity contribution >= 4 is 27.1 Å². The molecule has 1 amide bonds. The van der Waals surface area contributed by atoms with Gasteiger partial charge in [0.15, 0.2) is 5.01 Å². The summed E-state index contributed by atoms with van der Waals surface area (Å²) in [5.41, 5.74) is 0. The molecule has 0 atom stereocenters. The summed E-state index contributed by atoms with van der Waals surface area (Å²) in [6.07, 6.45) is 2.57. The fourth-order valence-electron chi connectivity index (χ4n) is 1.62. The molecule has 1 aliphatic rings. The minimum atomic E-state index is -2.87. The summed E-state index contributed by atoms with van der Waals surface area (Å²) in [5, 5.41) is 4.96. The zero-order chi connectivity index (χ0) is 11.6. The van der Waals surface area contributed by atoms with Crippen LogP contribution >= 0.6 is 11.3 Å². The first-order chi connectivity index (χ1) is 7.57. The van der Waals surface area contributed by atoms with Crippen LogP contribution in [0.4, 0.5) is 0 Å². The fourth-order valence-corrected chi connectivity index (χ4v) is 3.65. The van der Waals surface area contributed by atoms with Crippen LogP contribution in [0.1, 0.15) is 22.6 Å². The Bertz CT molecular complexity index is 453. The van der Waals surface area contributed by atoms with Gasteiger partial charge >= 0.3 is 0 Å². The second-order valence-corrected chi connectivity index (χ2v) is 6.94. The first-order valence-electron chi connectivity index (χ1n) is 4.97. The highest BCUT2D eigenvalue weighted by atomic mass is 32.2. The molecule has 1 fully saturated rings. The van der Waals surface area contributed by atoms with Crippen LogP contribution in [0.15, 0.2) is 11.6 Å². The highest BCUT2D eigenvalue weighted by molar-refractivity contribution is 7.91. The maximum Gasteiger partial charge on any atom is 0.280 e. The van der Waals surface area contributed by atoms with Gasteiger partial charge in [0.25, 0.3) is 5.91 Å². The van der Waals surface area contributed by atoms with Gasteiger partial charge in [-0.15, -0.1) is 11.3 Å². The number of nitrogens with one attached hydrogen (secondary N) is 1. The fraction of sp³-hybridized carbons (Fsp3) is 0.556. The molecule has 1 N–H and O–H groups in total. The van der Waals surface area contributed by atoms with Crippen molar-refractivity contribution in [2.75, 3.05) is 11.5 Å².